The molecule has 1 aromatic heterocycles. The van der Waals surface area contributed by atoms with E-state index in [4.69, 9.17) is 4.74 Å². The topological polar surface area (TPSA) is 43.2 Å². The van der Waals surface area contributed by atoms with Crippen LogP contribution in [0.1, 0.15) is 31.3 Å². The molecule has 2 aromatic rings. The maximum Gasteiger partial charge on any atom is 0.158 e. The Morgan fingerprint density at radius 2 is 1.86 bits per heavy atom. The van der Waals surface area contributed by atoms with E-state index in [9.17, 15) is 0 Å². The predicted octanol–water partition coefficient (Wildman–Crippen LogP) is 2.44. The van der Waals surface area contributed by atoms with Gasteiger partial charge in [-0.15, -0.1) is 0 Å². The van der Waals surface area contributed by atoms with Gasteiger partial charge in [-0.25, -0.2) is 9.67 Å². The Morgan fingerprint density at radius 1 is 1.18 bits per heavy atom. The lowest BCUT2D eigenvalue weighted by molar-refractivity contribution is 0.0198. The second-order valence-corrected chi connectivity index (χ2v) is 5.78. The van der Waals surface area contributed by atoms with Gasteiger partial charge in [-0.1, -0.05) is 31.2 Å². The highest BCUT2D eigenvalue weighted by atomic mass is 16.5. The molecular formula is C17H24N4O. The molecule has 1 aliphatic rings. The summed E-state index contributed by atoms with van der Waals surface area (Å²) >= 11 is 0. The van der Waals surface area contributed by atoms with Crippen LogP contribution < -0.4 is 0 Å². The molecule has 1 unspecified atom stereocenters. The SMILES string of the molecule is CCc1nc(-c2ccc(C(C)N3CCOCC3)cc2)n(C)n1. The lowest BCUT2D eigenvalue weighted by Gasteiger charge is -2.32. The normalized spacial score (nSPS) is 17.6. The molecule has 1 aromatic carbocycles. The van der Waals surface area contributed by atoms with E-state index in [-0.39, 0.29) is 0 Å². The zero-order valence-corrected chi connectivity index (χ0v) is 13.6. The van der Waals surface area contributed by atoms with Gasteiger partial charge in [0.2, 0.25) is 0 Å². The number of hydrogen-bond acceptors (Lipinski definition) is 4. The molecule has 1 saturated heterocycles. The molecule has 0 spiro atoms. The Labute approximate surface area is 131 Å². The second-order valence-electron chi connectivity index (χ2n) is 5.78. The van der Waals surface area contributed by atoms with Crippen molar-refractivity contribution in [3.05, 3.63) is 35.7 Å². The Balaban J connectivity index is 1.78. The molecule has 1 atom stereocenters. The van der Waals surface area contributed by atoms with Crippen LogP contribution in [0.2, 0.25) is 0 Å². The fourth-order valence-electron chi connectivity index (χ4n) is 2.92. The summed E-state index contributed by atoms with van der Waals surface area (Å²) < 4.78 is 7.29. The van der Waals surface area contributed by atoms with Gasteiger partial charge in [-0.3, -0.25) is 4.90 Å². The summed E-state index contributed by atoms with van der Waals surface area (Å²) in [4.78, 5) is 7.06. The van der Waals surface area contributed by atoms with Crippen molar-refractivity contribution in [3.8, 4) is 11.4 Å². The summed E-state index contributed by atoms with van der Waals surface area (Å²) in [5.41, 5.74) is 2.45. The van der Waals surface area contributed by atoms with Gasteiger partial charge in [-0.2, -0.15) is 5.10 Å². The first-order valence-corrected chi connectivity index (χ1v) is 8.01. The predicted molar refractivity (Wildman–Crippen MR) is 86.6 cm³/mol. The van der Waals surface area contributed by atoms with E-state index in [0.29, 0.717) is 6.04 Å². The van der Waals surface area contributed by atoms with Gasteiger partial charge >= 0.3 is 0 Å². The Bertz CT molecular complexity index is 614. The van der Waals surface area contributed by atoms with Crippen molar-refractivity contribution in [1.29, 1.82) is 0 Å². The first-order valence-electron chi connectivity index (χ1n) is 8.01. The molecule has 0 N–H and O–H groups in total. The van der Waals surface area contributed by atoms with E-state index in [1.165, 1.54) is 5.56 Å². The fraction of sp³-hybridized carbons (Fsp3) is 0.529. The third-order valence-electron chi connectivity index (χ3n) is 4.37. The highest BCUT2D eigenvalue weighted by Crippen LogP contribution is 2.24. The van der Waals surface area contributed by atoms with Gasteiger partial charge in [0.05, 0.1) is 13.2 Å². The first kappa shape index (κ1) is 15.2. The van der Waals surface area contributed by atoms with Crippen molar-refractivity contribution in [2.75, 3.05) is 26.3 Å². The summed E-state index contributed by atoms with van der Waals surface area (Å²) in [7, 11) is 1.95. The summed E-state index contributed by atoms with van der Waals surface area (Å²) in [6, 6.07) is 9.13. The van der Waals surface area contributed by atoms with Gasteiger partial charge in [0.1, 0.15) is 0 Å². The van der Waals surface area contributed by atoms with Crippen LogP contribution in [0.3, 0.4) is 0 Å². The van der Waals surface area contributed by atoms with Gasteiger partial charge in [0, 0.05) is 38.2 Å². The summed E-state index contributed by atoms with van der Waals surface area (Å²) in [6.07, 6.45) is 0.861. The molecule has 1 fully saturated rings. The molecule has 0 bridgehead atoms. The Hall–Kier alpha value is -1.72. The van der Waals surface area contributed by atoms with Crippen molar-refractivity contribution < 1.29 is 4.74 Å². The molecule has 2 heterocycles. The van der Waals surface area contributed by atoms with Crippen LogP contribution in [0.4, 0.5) is 0 Å². The zero-order valence-electron chi connectivity index (χ0n) is 13.6. The molecule has 3 rings (SSSR count). The lowest BCUT2D eigenvalue weighted by atomic mass is 10.0. The standard InChI is InChI=1S/C17H24N4O/c1-4-16-18-17(20(3)19-16)15-7-5-14(6-8-15)13(2)21-9-11-22-12-10-21/h5-8,13H,4,9-12H2,1-3H3. The lowest BCUT2D eigenvalue weighted by Crippen LogP contribution is -2.37. The third kappa shape index (κ3) is 3.05. The number of nitrogens with zero attached hydrogens (tertiary/aromatic N) is 4. The molecule has 118 valence electrons. The average Bonchev–Trinajstić information content (AvgIpc) is 2.96. The van der Waals surface area contributed by atoms with Crippen molar-refractivity contribution in [1.82, 2.24) is 19.7 Å². The number of rotatable bonds is 4. The highest BCUT2D eigenvalue weighted by Gasteiger charge is 2.18. The molecule has 5 nitrogen and oxygen atoms in total. The molecule has 0 radical (unpaired) electrons. The summed E-state index contributed by atoms with van der Waals surface area (Å²) in [5, 5.41) is 4.42. The Morgan fingerprint density at radius 3 is 2.45 bits per heavy atom. The van der Waals surface area contributed by atoms with E-state index in [1.54, 1.807) is 0 Å². The van der Waals surface area contributed by atoms with Crippen molar-refractivity contribution in [2.24, 2.45) is 7.05 Å². The van der Waals surface area contributed by atoms with Crippen molar-refractivity contribution in [3.63, 3.8) is 0 Å². The van der Waals surface area contributed by atoms with Crippen molar-refractivity contribution >= 4 is 0 Å². The largest absolute Gasteiger partial charge is 0.379 e. The van der Waals surface area contributed by atoms with Gasteiger partial charge < -0.3 is 4.74 Å². The van der Waals surface area contributed by atoms with Crippen LogP contribution in [0.25, 0.3) is 11.4 Å². The fourth-order valence-corrected chi connectivity index (χ4v) is 2.92. The summed E-state index contributed by atoms with van der Waals surface area (Å²) in [5.74, 6) is 1.82. The minimum absolute atomic E-state index is 0.420. The maximum absolute atomic E-state index is 5.43. The number of hydrogen-bond donors (Lipinski definition) is 0. The van der Waals surface area contributed by atoms with E-state index in [0.717, 1.165) is 49.9 Å². The van der Waals surface area contributed by atoms with Gasteiger partial charge in [-0.05, 0) is 12.5 Å². The van der Waals surface area contributed by atoms with Crippen molar-refractivity contribution in [2.45, 2.75) is 26.3 Å². The number of aromatic nitrogens is 3. The van der Waals surface area contributed by atoms with Crippen LogP contribution in [0, 0.1) is 0 Å². The van der Waals surface area contributed by atoms with E-state index in [1.807, 2.05) is 11.7 Å². The summed E-state index contributed by atoms with van der Waals surface area (Å²) in [6.45, 7) is 8.02. The smallest absolute Gasteiger partial charge is 0.158 e. The number of ether oxygens (including phenoxy) is 1. The molecular weight excluding hydrogens is 276 g/mol. The first-order chi connectivity index (χ1) is 10.7. The quantitative estimate of drug-likeness (QED) is 0.870. The molecule has 22 heavy (non-hydrogen) atoms. The van der Waals surface area contributed by atoms with Gasteiger partial charge in [0.15, 0.2) is 11.6 Å². The monoisotopic (exact) mass is 300 g/mol. The molecule has 1 aliphatic heterocycles. The van der Waals surface area contributed by atoms with Crippen LogP contribution >= 0.6 is 0 Å². The number of morpholine rings is 1. The van der Waals surface area contributed by atoms with Crippen LogP contribution in [-0.4, -0.2) is 46.0 Å². The maximum atomic E-state index is 5.43. The second kappa shape index (κ2) is 6.58. The average molecular weight is 300 g/mol. The van der Waals surface area contributed by atoms with Crippen LogP contribution in [0.15, 0.2) is 24.3 Å². The molecule has 0 amide bonds. The number of aryl methyl sites for hydroxylation is 2. The minimum atomic E-state index is 0.420. The van der Waals surface area contributed by atoms with Crippen LogP contribution in [0.5, 0.6) is 0 Å². The third-order valence-corrected chi connectivity index (χ3v) is 4.37. The molecule has 0 saturated carbocycles. The van der Waals surface area contributed by atoms with E-state index < -0.39 is 0 Å². The Kier molecular flexibility index (Phi) is 4.55. The molecule has 0 aliphatic carbocycles. The molecule has 5 heteroatoms. The zero-order chi connectivity index (χ0) is 15.5. The van der Waals surface area contributed by atoms with E-state index in [2.05, 4.69) is 53.1 Å². The van der Waals surface area contributed by atoms with E-state index >= 15 is 0 Å². The van der Waals surface area contributed by atoms with Crippen LogP contribution in [-0.2, 0) is 18.2 Å². The highest BCUT2D eigenvalue weighted by molar-refractivity contribution is 5.55. The minimum Gasteiger partial charge on any atom is -0.379 e. The van der Waals surface area contributed by atoms with Gasteiger partial charge in [0.25, 0.3) is 0 Å². The number of benzene rings is 1.